The second-order valence-corrected chi connectivity index (χ2v) is 3.67. The highest BCUT2D eigenvalue weighted by molar-refractivity contribution is 6.32. The third-order valence-corrected chi connectivity index (χ3v) is 2.71. The van der Waals surface area contributed by atoms with Crippen LogP contribution in [-0.4, -0.2) is 11.5 Å². The van der Waals surface area contributed by atoms with Crippen LogP contribution in [-0.2, 0) is 0 Å². The highest BCUT2D eigenvalue weighted by atomic mass is 35.5. The van der Waals surface area contributed by atoms with Crippen LogP contribution in [0.15, 0.2) is 18.2 Å². The maximum absolute atomic E-state index is 10.6. The smallest absolute Gasteiger partial charge is 0.288 e. The number of benzene rings is 1. The maximum Gasteiger partial charge on any atom is 0.288 e. The molecule has 0 aliphatic carbocycles. The van der Waals surface area contributed by atoms with E-state index < -0.39 is 4.92 Å². The van der Waals surface area contributed by atoms with E-state index in [9.17, 15) is 10.1 Å². The van der Waals surface area contributed by atoms with Crippen molar-refractivity contribution in [1.82, 2.24) is 5.32 Å². The maximum atomic E-state index is 10.6. The molecule has 1 aromatic rings. The number of nitro groups is 1. The normalized spacial score (nSPS) is 20.2. The van der Waals surface area contributed by atoms with Gasteiger partial charge in [-0.25, -0.2) is 0 Å². The molecular formula is C9H9ClN2O2. The van der Waals surface area contributed by atoms with Crippen LogP contribution in [0.3, 0.4) is 0 Å². The minimum absolute atomic E-state index is 0.0159. The summed E-state index contributed by atoms with van der Waals surface area (Å²) in [6.07, 6.45) is 1.03. The van der Waals surface area contributed by atoms with Gasteiger partial charge in [-0.15, -0.1) is 0 Å². The number of rotatable bonds is 2. The van der Waals surface area contributed by atoms with Crippen molar-refractivity contribution in [1.29, 1.82) is 0 Å². The zero-order chi connectivity index (χ0) is 10.1. The molecule has 1 aliphatic rings. The van der Waals surface area contributed by atoms with E-state index in [-0.39, 0.29) is 16.8 Å². The highest BCUT2D eigenvalue weighted by Gasteiger charge is 2.21. The molecule has 1 N–H and O–H groups in total. The molecule has 0 spiro atoms. The van der Waals surface area contributed by atoms with Gasteiger partial charge in [0.25, 0.3) is 5.69 Å². The Hall–Kier alpha value is -1.13. The molecule has 2 rings (SSSR count). The minimum atomic E-state index is -0.454. The number of hydrogen-bond donors (Lipinski definition) is 1. The summed E-state index contributed by atoms with van der Waals surface area (Å²) in [4.78, 5) is 10.1. The summed E-state index contributed by atoms with van der Waals surface area (Å²) in [5, 5.41) is 14.0. The molecule has 14 heavy (non-hydrogen) atoms. The van der Waals surface area contributed by atoms with Crippen molar-refractivity contribution in [3.05, 3.63) is 38.9 Å². The van der Waals surface area contributed by atoms with Gasteiger partial charge in [-0.05, 0) is 24.6 Å². The topological polar surface area (TPSA) is 55.2 Å². The zero-order valence-corrected chi connectivity index (χ0v) is 8.12. The molecule has 1 heterocycles. The van der Waals surface area contributed by atoms with Crippen LogP contribution in [0.2, 0.25) is 5.02 Å². The third kappa shape index (κ3) is 1.58. The van der Waals surface area contributed by atoms with Crippen molar-refractivity contribution >= 4 is 17.3 Å². The zero-order valence-electron chi connectivity index (χ0n) is 7.37. The summed E-state index contributed by atoms with van der Waals surface area (Å²) in [6.45, 7) is 0.973. The number of nitro benzene ring substituents is 1. The van der Waals surface area contributed by atoms with E-state index in [0.717, 1.165) is 18.5 Å². The first-order valence-electron chi connectivity index (χ1n) is 4.35. The summed E-state index contributed by atoms with van der Waals surface area (Å²) in [7, 11) is 0. The molecule has 1 saturated heterocycles. The van der Waals surface area contributed by atoms with Crippen LogP contribution in [0, 0.1) is 10.1 Å². The van der Waals surface area contributed by atoms with Crippen molar-refractivity contribution in [3.8, 4) is 0 Å². The van der Waals surface area contributed by atoms with Crippen LogP contribution in [0.4, 0.5) is 5.69 Å². The Morgan fingerprint density at radius 3 is 2.79 bits per heavy atom. The number of hydrogen-bond acceptors (Lipinski definition) is 3. The van der Waals surface area contributed by atoms with E-state index in [0.29, 0.717) is 0 Å². The third-order valence-electron chi connectivity index (χ3n) is 2.39. The number of nitrogens with zero attached hydrogens (tertiary/aromatic N) is 1. The molecule has 0 bridgehead atoms. The van der Waals surface area contributed by atoms with Gasteiger partial charge in [0.05, 0.1) is 4.92 Å². The fourth-order valence-corrected chi connectivity index (χ4v) is 1.65. The Bertz CT molecular complexity index is 377. The minimum Gasteiger partial charge on any atom is -0.310 e. The fourth-order valence-electron chi connectivity index (χ4n) is 1.46. The summed E-state index contributed by atoms with van der Waals surface area (Å²) in [5.41, 5.74) is 0.921. The van der Waals surface area contributed by atoms with Gasteiger partial charge in [0, 0.05) is 12.1 Å². The van der Waals surface area contributed by atoms with E-state index in [1.54, 1.807) is 12.1 Å². The molecule has 0 aromatic heterocycles. The van der Waals surface area contributed by atoms with Crippen LogP contribution in [0.25, 0.3) is 0 Å². The molecule has 4 nitrogen and oxygen atoms in total. The Morgan fingerprint density at radius 1 is 1.57 bits per heavy atom. The van der Waals surface area contributed by atoms with E-state index in [1.807, 2.05) is 6.07 Å². The quantitative estimate of drug-likeness (QED) is 0.605. The van der Waals surface area contributed by atoms with E-state index in [1.165, 1.54) is 0 Å². The van der Waals surface area contributed by atoms with Crippen LogP contribution >= 0.6 is 11.6 Å². The fraction of sp³-hybridized carbons (Fsp3) is 0.333. The molecule has 5 heteroatoms. The first-order chi connectivity index (χ1) is 6.68. The van der Waals surface area contributed by atoms with Gasteiger partial charge in [-0.3, -0.25) is 10.1 Å². The van der Waals surface area contributed by atoms with E-state index in [4.69, 9.17) is 11.6 Å². The van der Waals surface area contributed by atoms with Crippen LogP contribution in [0.1, 0.15) is 18.0 Å². The summed E-state index contributed by atoms with van der Waals surface area (Å²) in [6, 6.07) is 5.20. The average Bonchev–Trinajstić information content (AvgIpc) is 2.04. The molecule has 74 valence electrons. The van der Waals surface area contributed by atoms with Crippen molar-refractivity contribution in [2.24, 2.45) is 0 Å². The first kappa shape index (κ1) is 9.43. The van der Waals surface area contributed by atoms with Crippen molar-refractivity contribution in [3.63, 3.8) is 0 Å². The summed E-state index contributed by atoms with van der Waals surface area (Å²) in [5.74, 6) is 0. The average molecular weight is 213 g/mol. The summed E-state index contributed by atoms with van der Waals surface area (Å²) < 4.78 is 0. The van der Waals surface area contributed by atoms with Gasteiger partial charge in [0.2, 0.25) is 0 Å². The molecule has 1 aliphatic heterocycles. The van der Waals surface area contributed by atoms with E-state index in [2.05, 4.69) is 5.32 Å². The molecule has 0 amide bonds. The lowest BCUT2D eigenvalue weighted by molar-refractivity contribution is -0.384. The van der Waals surface area contributed by atoms with Crippen LogP contribution in [0.5, 0.6) is 0 Å². The number of halogens is 1. The monoisotopic (exact) mass is 212 g/mol. The van der Waals surface area contributed by atoms with E-state index >= 15 is 0 Å². The Labute approximate surface area is 86.0 Å². The molecular weight excluding hydrogens is 204 g/mol. The second-order valence-electron chi connectivity index (χ2n) is 3.26. The van der Waals surface area contributed by atoms with Crippen molar-refractivity contribution in [2.45, 2.75) is 12.5 Å². The first-order valence-corrected chi connectivity index (χ1v) is 4.73. The van der Waals surface area contributed by atoms with Crippen molar-refractivity contribution in [2.75, 3.05) is 6.54 Å². The standard InChI is InChI=1S/C9H9ClN2O2/c10-7-2-1-6(8-3-4-11-8)5-9(7)12(13)14/h1-2,5,8,11H,3-4H2/t8-/m1/s1. The lowest BCUT2D eigenvalue weighted by Crippen LogP contribution is -2.34. The van der Waals surface area contributed by atoms with Gasteiger partial charge in [-0.1, -0.05) is 17.7 Å². The Morgan fingerprint density at radius 2 is 2.29 bits per heavy atom. The second kappa shape index (κ2) is 3.55. The summed E-state index contributed by atoms with van der Waals surface area (Å²) >= 11 is 5.70. The van der Waals surface area contributed by atoms with Gasteiger partial charge >= 0.3 is 0 Å². The lowest BCUT2D eigenvalue weighted by Gasteiger charge is -2.27. The lowest BCUT2D eigenvalue weighted by atomic mass is 9.98. The molecule has 0 unspecified atom stereocenters. The molecule has 0 saturated carbocycles. The van der Waals surface area contributed by atoms with Crippen LogP contribution < -0.4 is 5.32 Å². The highest BCUT2D eigenvalue weighted by Crippen LogP contribution is 2.30. The largest absolute Gasteiger partial charge is 0.310 e. The predicted octanol–water partition coefficient (Wildman–Crippen LogP) is 2.28. The van der Waals surface area contributed by atoms with Gasteiger partial charge in [-0.2, -0.15) is 0 Å². The molecule has 0 radical (unpaired) electrons. The predicted molar refractivity (Wildman–Crippen MR) is 53.5 cm³/mol. The molecule has 1 aromatic carbocycles. The Balaban J connectivity index is 2.34. The van der Waals surface area contributed by atoms with Crippen molar-refractivity contribution < 1.29 is 4.92 Å². The SMILES string of the molecule is O=[N+]([O-])c1cc([C@H]2CCN2)ccc1Cl. The Kier molecular flexibility index (Phi) is 2.39. The van der Waals surface area contributed by atoms with Gasteiger partial charge in [0.15, 0.2) is 0 Å². The molecule has 1 atom stereocenters. The van der Waals surface area contributed by atoms with Gasteiger partial charge < -0.3 is 5.32 Å². The molecule has 1 fully saturated rings. The number of nitrogens with one attached hydrogen (secondary N) is 1. The van der Waals surface area contributed by atoms with Gasteiger partial charge in [0.1, 0.15) is 5.02 Å².